The van der Waals surface area contributed by atoms with Gasteiger partial charge in [0.2, 0.25) is 0 Å². The molecule has 2 atom stereocenters. The second-order valence-corrected chi connectivity index (χ2v) is 2.38. The summed E-state index contributed by atoms with van der Waals surface area (Å²) in [4.78, 5) is 1.70. The molecule has 0 bridgehead atoms. The van der Waals surface area contributed by atoms with E-state index in [0.29, 0.717) is 0 Å². The normalized spacial score (nSPS) is 30.0. The van der Waals surface area contributed by atoms with Gasteiger partial charge in [0.05, 0.1) is 6.61 Å². The minimum atomic E-state index is -0.643. The molecule has 0 amide bonds. The second kappa shape index (κ2) is 2.64. The van der Waals surface area contributed by atoms with E-state index in [4.69, 9.17) is 4.74 Å². The lowest BCUT2D eigenvalue weighted by Crippen LogP contribution is -2.45. The third-order valence-corrected chi connectivity index (χ3v) is 1.70. The maximum Gasteiger partial charge on any atom is 0.145 e. The fourth-order valence-corrected chi connectivity index (χ4v) is 0.779. The molecule has 2 unspecified atom stereocenters. The van der Waals surface area contributed by atoms with Crippen LogP contribution in [0.15, 0.2) is 0 Å². The first-order valence-corrected chi connectivity index (χ1v) is 3.21. The van der Waals surface area contributed by atoms with Gasteiger partial charge in [0, 0.05) is 6.42 Å². The van der Waals surface area contributed by atoms with Crippen molar-refractivity contribution in [3.63, 3.8) is 0 Å². The summed E-state index contributed by atoms with van der Waals surface area (Å²) in [6, 6.07) is 0. The molecule has 1 rings (SSSR count). The standard InChI is InChI=1S/C6H12NO2/c1-5(8)7(2)6-3-4-9-6/h5-6H,3-4H2,1-2H3. The van der Waals surface area contributed by atoms with E-state index < -0.39 is 6.23 Å². The third kappa shape index (κ3) is 1.41. The minimum absolute atomic E-state index is 0.0949. The predicted molar refractivity (Wildman–Crippen MR) is 32.3 cm³/mol. The van der Waals surface area contributed by atoms with E-state index in [1.165, 1.54) is 0 Å². The number of rotatable bonds is 2. The Bertz CT molecular complexity index is 91.1. The van der Waals surface area contributed by atoms with Crippen molar-refractivity contribution in [2.24, 2.45) is 0 Å². The zero-order valence-corrected chi connectivity index (χ0v) is 5.83. The molecule has 1 saturated heterocycles. The lowest BCUT2D eigenvalue weighted by Gasteiger charge is -2.35. The first-order chi connectivity index (χ1) is 4.22. The lowest BCUT2D eigenvalue weighted by atomic mass is 10.3. The monoisotopic (exact) mass is 130 g/mol. The van der Waals surface area contributed by atoms with Gasteiger partial charge in [-0.1, -0.05) is 0 Å². The molecule has 3 heteroatoms. The summed E-state index contributed by atoms with van der Waals surface area (Å²) >= 11 is 0. The average molecular weight is 130 g/mol. The molecule has 1 heterocycles. The molecular weight excluding hydrogens is 118 g/mol. The maximum atomic E-state index is 10.7. The average Bonchev–Trinajstić information content (AvgIpc) is 1.60. The number of hydrogen-bond donors (Lipinski definition) is 0. The Balaban J connectivity index is 2.23. The van der Waals surface area contributed by atoms with Crippen LogP contribution >= 0.6 is 0 Å². The van der Waals surface area contributed by atoms with E-state index in [0.717, 1.165) is 13.0 Å². The number of hydrogen-bond acceptors (Lipinski definition) is 2. The van der Waals surface area contributed by atoms with Crippen LogP contribution in [0.2, 0.25) is 0 Å². The second-order valence-electron chi connectivity index (χ2n) is 2.38. The van der Waals surface area contributed by atoms with Crippen molar-refractivity contribution in [2.45, 2.75) is 25.8 Å². The Labute approximate surface area is 55.2 Å². The highest BCUT2D eigenvalue weighted by molar-refractivity contribution is 4.65. The van der Waals surface area contributed by atoms with Crippen molar-refractivity contribution in [3.8, 4) is 0 Å². The molecule has 1 radical (unpaired) electrons. The summed E-state index contributed by atoms with van der Waals surface area (Å²) in [5.74, 6) is 0. The van der Waals surface area contributed by atoms with E-state index in [1.54, 1.807) is 18.9 Å². The lowest BCUT2D eigenvalue weighted by molar-refractivity contribution is -0.189. The highest BCUT2D eigenvalue weighted by Gasteiger charge is 2.25. The van der Waals surface area contributed by atoms with Gasteiger partial charge in [0.1, 0.15) is 12.5 Å². The van der Waals surface area contributed by atoms with Gasteiger partial charge in [0.25, 0.3) is 0 Å². The molecule has 0 saturated carbocycles. The summed E-state index contributed by atoms with van der Waals surface area (Å²) < 4.78 is 5.08. The molecule has 0 aliphatic carbocycles. The van der Waals surface area contributed by atoms with Crippen LogP contribution in [-0.4, -0.2) is 31.0 Å². The zero-order valence-electron chi connectivity index (χ0n) is 5.83. The molecule has 1 aliphatic heterocycles. The summed E-state index contributed by atoms with van der Waals surface area (Å²) in [5.41, 5.74) is 0. The molecule has 9 heavy (non-hydrogen) atoms. The number of ether oxygens (including phenoxy) is 1. The van der Waals surface area contributed by atoms with Crippen LogP contribution in [0.3, 0.4) is 0 Å². The molecule has 1 fully saturated rings. The van der Waals surface area contributed by atoms with Crippen molar-refractivity contribution in [2.75, 3.05) is 13.7 Å². The maximum absolute atomic E-state index is 10.7. The van der Waals surface area contributed by atoms with Crippen molar-refractivity contribution in [1.82, 2.24) is 4.90 Å². The quantitative estimate of drug-likeness (QED) is 0.508. The van der Waals surface area contributed by atoms with Crippen molar-refractivity contribution < 1.29 is 9.84 Å². The highest BCUT2D eigenvalue weighted by Crippen LogP contribution is 2.15. The predicted octanol–water partition coefficient (Wildman–Crippen LogP) is 0.441. The molecule has 0 aromatic rings. The van der Waals surface area contributed by atoms with Crippen LogP contribution in [0.25, 0.3) is 0 Å². The van der Waals surface area contributed by atoms with E-state index >= 15 is 0 Å². The molecule has 3 nitrogen and oxygen atoms in total. The van der Waals surface area contributed by atoms with Gasteiger partial charge in [-0.05, 0) is 14.0 Å². The van der Waals surface area contributed by atoms with E-state index in [-0.39, 0.29) is 6.23 Å². The highest BCUT2D eigenvalue weighted by atomic mass is 16.5. The first kappa shape index (κ1) is 6.99. The Morgan fingerprint density at radius 2 is 2.33 bits per heavy atom. The third-order valence-electron chi connectivity index (χ3n) is 1.70. The fourth-order valence-electron chi connectivity index (χ4n) is 0.779. The Morgan fingerprint density at radius 1 is 1.78 bits per heavy atom. The minimum Gasteiger partial charge on any atom is -0.363 e. The molecule has 0 spiro atoms. The summed E-state index contributed by atoms with van der Waals surface area (Å²) in [6.45, 7) is 2.43. The largest absolute Gasteiger partial charge is 0.363 e. The summed E-state index contributed by atoms with van der Waals surface area (Å²) in [6.07, 6.45) is 0.455. The molecule has 1 aliphatic rings. The van der Waals surface area contributed by atoms with Crippen LogP contribution < -0.4 is 0 Å². The topological polar surface area (TPSA) is 32.4 Å². The van der Waals surface area contributed by atoms with Gasteiger partial charge in [-0.2, -0.15) is 0 Å². The van der Waals surface area contributed by atoms with Gasteiger partial charge in [0.15, 0.2) is 0 Å². The summed E-state index contributed by atoms with van der Waals surface area (Å²) in [5, 5.41) is 10.7. The van der Waals surface area contributed by atoms with Crippen LogP contribution in [-0.2, 0) is 9.84 Å². The number of nitrogens with zero attached hydrogens (tertiary/aromatic N) is 1. The molecule has 53 valence electrons. The van der Waals surface area contributed by atoms with Crippen LogP contribution in [0, 0.1) is 0 Å². The molecular formula is C6H12NO2. The SMILES string of the molecule is CC([O])N(C)C1CCO1. The van der Waals surface area contributed by atoms with E-state index in [1.807, 2.05) is 0 Å². The van der Waals surface area contributed by atoms with Gasteiger partial charge < -0.3 is 4.74 Å². The van der Waals surface area contributed by atoms with Gasteiger partial charge in [-0.25, -0.2) is 5.11 Å². The Hall–Kier alpha value is -0.120. The van der Waals surface area contributed by atoms with E-state index in [2.05, 4.69) is 0 Å². The Morgan fingerprint density at radius 3 is 2.44 bits per heavy atom. The Kier molecular flexibility index (Phi) is 2.05. The molecule has 0 aromatic heterocycles. The molecule has 0 N–H and O–H groups in total. The van der Waals surface area contributed by atoms with Gasteiger partial charge in [-0.15, -0.1) is 0 Å². The summed E-state index contributed by atoms with van der Waals surface area (Å²) in [7, 11) is 1.79. The smallest absolute Gasteiger partial charge is 0.145 e. The van der Waals surface area contributed by atoms with Crippen molar-refractivity contribution in [3.05, 3.63) is 0 Å². The zero-order chi connectivity index (χ0) is 6.85. The molecule has 0 aromatic carbocycles. The van der Waals surface area contributed by atoms with Gasteiger partial charge in [-0.3, -0.25) is 4.90 Å². The first-order valence-electron chi connectivity index (χ1n) is 3.21. The fraction of sp³-hybridized carbons (Fsp3) is 1.00. The van der Waals surface area contributed by atoms with Crippen molar-refractivity contribution in [1.29, 1.82) is 0 Å². The van der Waals surface area contributed by atoms with Gasteiger partial charge >= 0.3 is 0 Å². The van der Waals surface area contributed by atoms with Crippen LogP contribution in [0.5, 0.6) is 0 Å². The van der Waals surface area contributed by atoms with Crippen LogP contribution in [0.1, 0.15) is 13.3 Å². The van der Waals surface area contributed by atoms with Crippen molar-refractivity contribution >= 4 is 0 Å². The van der Waals surface area contributed by atoms with E-state index in [9.17, 15) is 5.11 Å². The van der Waals surface area contributed by atoms with Crippen LogP contribution in [0.4, 0.5) is 0 Å².